The predicted molar refractivity (Wildman–Crippen MR) is 78.6 cm³/mol. The highest BCUT2D eigenvalue weighted by molar-refractivity contribution is 6.31. The maximum atomic E-state index is 12.0. The highest BCUT2D eigenvalue weighted by Gasteiger charge is 2.11. The molecule has 1 rings (SSSR count). The fourth-order valence-corrected chi connectivity index (χ4v) is 2.04. The number of carbonyl (C=O) groups excluding carboxylic acids is 1. The van der Waals surface area contributed by atoms with Crippen LogP contribution in [0.5, 0.6) is 0 Å². The Bertz CT molecular complexity index is 418. The van der Waals surface area contributed by atoms with E-state index in [2.05, 4.69) is 5.32 Å². The molecule has 0 fully saturated rings. The number of hydrogen-bond donors (Lipinski definition) is 2. The van der Waals surface area contributed by atoms with Gasteiger partial charge in [0.1, 0.15) is 0 Å². The van der Waals surface area contributed by atoms with Gasteiger partial charge < -0.3 is 10.4 Å². The highest BCUT2D eigenvalue weighted by atomic mass is 35.5. The molecule has 1 aromatic rings. The molecule has 0 radical (unpaired) electrons. The van der Waals surface area contributed by atoms with Crippen LogP contribution in [0.3, 0.4) is 0 Å². The van der Waals surface area contributed by atoms with Crippen molar-refractivity contribution in [3.63, 3.8) is 0 Å². The summed E-state index contributed by atoms with van der Waals surface area (Å²) < 4.78 is 0. The van der Waals surface area contributed by atoms with Crippen LogP contribution in [0.2, 0.25) is 5.02 Å². The van der Waals surface area contributed by atoms with Gasteiger partial charge in [-0.3, -0.25) is 9.69 Å². The average molecular weight is 285 g/mol. The van der Waals surface area contributed by atoms with Crippen LogP contribution in [0.4, 0.5) is 5.69 Å². The Balaban J connectivity index is 2.61. The second kappa shape index (κ2) is 8.15. The number of rotatable bonds is 7. The maximum absolute atomic E-state index is 12.0. The molecule has 0 aliphatic carbocycles. The number of nitrogens with one attached hydrogen (secondary N) is 1. The normalized spacial score (nSPS) is 10.8. The van der Waals surface area contributed by atoms with E-state index >= 15 is 0 Å². The molecule has 5 heteroatoms. The third-order valence-electron chi connectivity index (χ3n) is 2.87. The lowest BCUT2D eigenvalue weighted by molar-refractivity contribution is -0.117. The second-order valence-corrected chi connectivity index (χ2v) is 4.87. The van der Waals surface area contributed by atoms with Crippen molar-refractivity contribution in [2.45, 2.75) is 20.3 Å². The van der Waals surface area contributed by atoms with Crippen LogP contribution >= 0.6 is 11.6 Å². The Morgan fingerprint density at radius 1 is 1.42 bits per heavy atom. The molecule has 0 heterocycles. The van der Waals surface area contributed by atoms with Crippen LogP contribution in [0.15, 0.2) is 18.2 Å². The van der Waals surface area contributed by atoms with Gasteiger partial charge in [0, 0.05) is 17.3 Å². The molecule has 0 atom stereocenters. The molecular weight excluding hydrogens is 264 g/mol. The Morgan fingerprint density at radius 3 is 2.79 bits per heavy atom. The number of aliphatic hydroxyl groups excluding tert-OH is 1. The molecule has 1 aromatic carbocycles. The number of halogens is 1. The lowest BCUT2D eigenvalue weighted by Gasteiger charge is -2.20. The van der Waals surface area contributed by atoms with E-state index in [1.807, 2.05) is 30.9 Å². The molecule has 0 saturated heterocycles. The van der Waals surface area contributed by atoms with E-state index in [4.69, 9.17) is 16.7 Å². The van der Waals surface area contributed by atoms with Gasteiger partial charge >= 0.3 is 0 Å². The summed E-state index contributed by atoms with van der Waals surface area (Å²) in [6.45, 7) is 5.56. The van der Waals surface area contributed by atoms with Gasteiger partial charge in [-0.1, -0.05) is 24.6 Å². The Labute approximate surface area is 119 Å². The predicted octanol–water partition coefficient (Wildman–Crippen LogP) is 2.29. The van der Waals surface area contributed by atoms with Gasteiger partial charge in [-0.25, -0.2) is 0 Å². The van der Waals surface area contributed by atoms with Gasteiger partial charge in [0.25, 0.3) is 0 Å². The molecule has 0 unspecified atom stereocenters. The number of benzene rings is 1. The largest absolute Gasteiger partial charge is 0.395 e. The molecule has 0 aliphatic rings. The van der Waals surface area contributed by atoms with Crippen molar-refractivity contribution in [3.8, 4) is 0 Å². The summed E-state index contributed by atoms with van der Waals surface area (Å²) in [5.74, 6) is -0.0905. The zero-order chi connectivity index (χ0) is 14.3. The number of hydrogen-bond acceptors (Lipinski definition) is 3. The number of amides is 1. The molecular formula is C14H21ClN2O2. The van der Waals surface area contributed by atoms with E-state index in [0.717, 1.165) is 24.2 Å². The molecule has 0 aliphatic heterocycles. The maximum Gasteiger partial charge on any atom is 0.238 e. The van der Waals surface area contributed by atoms with E-state index in [-0.39, 0.29) is 19.1 Å². The molecule has 0 saturated carbocycles. The number of nitrogens with zero attached hydrogens (tertiary/aromatic N) is 1. The Kier molecular flexibility index (Phi) is 6.84. The smallest absolute Gasteiger partial charge is 0.238 e. The summed E-state index contributed by atoms with van der Waals surface area (Å²) in [7, 11) is 0. The zero-order valence-electron chi connectivity index (χ0n) is 11.4. The van der Waals surface area contributed by atoms with Crippen molar-refractivity contribution < 1.29 is 9.90 Å². The third-order valence-corrected chi connectivity index (χ3v) is 3.27. The fraction of sp³-hybridized carbons (Fsp3) is 0.500. The van der Waals surface area contributed by atoms with Gasteiger partial charge in [0.2, 0.25) is 5.91 Å². The second-order valence-electron chi connectivity index (χ2n) is 4.46. The van der Waals surface area contributed by atoms with Crippen molar-refractivity contribution in [1.82, 2.24) is 4.90 Å². The minimum absolute atomic E-state index is 0.0590. The molecule has 4 nitrogen and oxygen atoms in total. The Morgan fingerprint density at radius 2 is 2.16 bits per heavy atom. The molecule has 0 bridgehead atoms. The summed E-state index contributed by atoms with van der Waals surface area (Å²) in [5, 5.41) is 12.4. The number of anilines is 1. The SMILES string of the molecule is CCCN(CCO)CC(=O)Nc1cccc(Cl)c1C. The van der Waals surface area contributed by atoms with E-state index in [1.165, 1.54) is 0 Å². The van der Waals surface area contributed by atoms with Gasteiger partial charge in [-0.15, -0.1) is 0 Å². The van der Waals surface area contributed by atoms with Crippen molar-refractivity contribution in [2.24, 2.45) is 0 Å². The molecule has 19 heavy (non-hydrogen) atoms. The highest BCUT2D eigenvalue weighted by Crippen LogP contribution is 2.22. The van der Waals surface area contributed by atoms with Gasteiger partial charge in [-0.2, -0.15) is 0 Å². The monoisotopic (exact) mass is 284 g/mol. The van der Waals surface area contributed by atoms with E-state index in [9.17, 15) is 4.79 Å². The van der Waals surface area contributed by atoms with Crippen molar-refractivity contribution in [1.29, 1.82) is 0 Å². The summed E-state index contributed by atoms with van der Waals surface area (Å²) in [5.41, 5.74) is 1.60. The van der Waals surface area contributed by atoms with Crippen LogP contribution in [-0.4, -0.2) is 42.2 Å². The summed E-state index contributed by atoms with van der Waals surface area (Å²) in [6, 6.07) is 5.43. The molecule has 106 valence electrons. The minimum Gasteiger partial charge on any atom is -0.395 e. The third kappa shape index (κ3) is 5.19. The zero-order valence-corrected chi connectivity index (χ0v) is 12.2. The fourth-order valence-electron chi connectivity index (χ4n) is 1.86. The number of carbonyl (C=O) groups is 1. The first kappa shape index (κ1) is 16.0. The van der Waals surface area contributed by atoms with Crippen LogP contribution in [0.25, 0.3) is 0 Å². The van der Waals surface area contributed by atoms with Gasteiger partial charge in [0.05, 0.1) is 13.2 Å². The van der Waals surface area contributed by atoms with Crippen LogP contribution in [0.1, 0.15) is 18.9 Å². The van der Waals surface area contributed by atoms with Gasteiger partial charge in [0.15, 0.2) is 0 Å². The first-order valence-corrected chi connectivity index (χ1v) is 6.84. The molecule has 2 N–H and O–H groups in total. The average Bonchev–Trinajstić information content (AvgIpc) is 2.35. The lowest BCUT2D eigenvalue weighted by Crippen LogP contribution is -2.35. The van der Waals surface area contributed by atoms with Crippen LogP contribution < -0.4 is 5.32 Å². The van der Waals surface area contributed by atoms with Crippen molar-refractivity contribution in [3.05, 3.63) is 28.8 Å². The molecule has 0 aromatic heterocycles. The first-order valence-electron chi connectivity index (χ1n) is 6.46. The van der Waals surface area contributed by atoms with E-state index in [0.29, 0.717) is 11.6 Å². The van der Waals surface area contributed by atoms with Gasteiger partial charge in [-0.05, 0) is 37.6 Å². The number of aliphatic hydroxyl groups is 1. The molecule has 0 spiro atoms. The van der Waals surface area contributed by atoms with Crippen molar-refractivity contribution in [2.75, 3.05) is 31.6 Å². The topological polar surface area (TPSA) is 52.6 Å². The first-order chi connectivity index (χ1) is 9.08. The Hall–Kier alpha value is -1.10. The summed E-state index contributed by atoms with van der Waals surface area (Å²) in [6.07, 6.45) is 0.948. The summed E-state index contributed by atoms with van der Waals surface area (Å²) >= 11 is 6.01. The minimum atomic E-state index is -0.0905. The summed E-state index contributed by atoms with van der Waals surface area (Å²) in [4.78, 5) is 13.9. The standard InChI is InChI=1S/C14H21ClN2O2/c1-3-7-17(8-9-18)10-14(19)16-13-6-4-5-12(15)11(13)2/h4-6,18H,3,7-10H2,1-2H3,(H,16,19). The lowest BCUT2D eigenvalue weighted by atomic mass is 10.2. The van der Waals surface area contributed by atoms with E-state index in [1.54, 1.807) is 6.07 Å². The molecule has 1 amide bonds. The van der Waals surface area contributed by atoms with E-state index < -0.39 is 0 Å². The van der Waals surface area contributed by atoms with Crippen molar-refractivity contribution >= 4 is 23.2 Å². The quantitative estimate of drug-likeness (QED) is 0.808. The van der Waals surface area contributed by atoms with Crippen LogP contribution in [0, 0.1) is 6.92 Å². The van der Waals surface area contributed by atoms with Crippen LogP contribution in [-0.2, 0) is 4.79 Å².